The molecule has 142 valence electrons. The lowest BCUT2D eigenvalue weighted by Crippen LogP contribution is -2.21. The summed E-state index contributed by atoms with van der Waals surface area (Å²) in [5.41, 5.74) is 3.84. The lowest BCUT2D eigenvalue weighted by atomic mass is 10.1. The summed E-state index contributed by atoms with van der Waals surface area (Å²) in [5, 5.41) is 9.54. The Morgan fingerprint density at radius 3 is 2.50 bits per heavy atom. The molecule has 0 heterocycles. The average molecular weight is 414 g/mol. The van der Waals surface area contributed by atoms with Gasteiger partial charge in [-0.05, 0) is 48.0 Å². The number of carbonyl (C=O) groups excluding carboxylic acids is 2. The molecular weight excluding hydrogens is 397 g/mol. The van der Waals surface area contributed by atoms with Crippen LogP contribution in [0.25, 0.3) is 10.8 Å². The van der Waals surface area contributed by atoms with Crippen LogP contribution in [0.5, 0.6) is 0 Å². The number of benzene rings is 3. The minimum absolute atomic E-state index is 0.000836. The Morgan fingerprint density at radius 1 is 0.964 bits per heavy atom. The molecule has 2 N–H and O–H groups in total. The zero-order valence-corrected chi connectivity index (χ0v) is 16.5. The summed E-state index contributed by atoms with van der Waals surface area (Å²) in [4.78, 5) is 24.4. The van der Waals surface area contributed by atoms with E-state index in [-0.39, 0.29) is 18.2 Å². The summed E-state index contributed by atoms with van der Waals surface area (Å²) in [6.45, 7) is 1.65. The summed E-state index contributed by atoms with van der Waals surface area (Å²) in [6.07, 6.45) is 0.000836. The second-order valence-corrected chi connectivity index (χ2v) is 7.04. The quantitative estimate of drug-likeness (QED) is 0.441. The molecule has 7 heteroatoms. The number of nitrogens with zero attached hydrogens (tertiary/aromatic N) is 1. The highest BCUT2D eigenvalue weighted by Crippen LogP contribution is 2.25. The SMILES string of the molecule is CC(CC(=O)Nc1cc(Cl)ccc1Cl)=NNC(=O)c1ccc2ccccc2c1. The highest BCUT2D eigenvalue weighted by molar-refractivity contribution is 6.35. The van der Waals surface area contributed by atoms with Crippen molar-refractivity contribution in [2.24, 2.45) is 5.10 Å². The number of anilines is 1. The van der Waals surface area contributed by atoms with E-state index in [1.165, 1.54) is 0 Å². The lowest BCUT2D eigenvalue weighted by molar-refractivity contribution is -0.115. The van der Waals surface area contributed by atoms with Gasteiger partial charge >= 0.3 is 0 Å². The van der Waals surface area contributed by atoms with Crippen molar-refractivity contribution in [2.75, 3.05) is 5.32 Å². The van der Waals surface area contributed by atoms with Crippen molar-refractivity contribution in [3.05, 3.63) is 76.3 Å². The van der Waals surface area contributed by atoms with Gasteiger partial charge in [-0.2, -0.15) is 5.10 Å². The van der Waals surface area contributed by atoms with Crippen LogP contribution in [0.3, 0.4) is 0 Å². The number of hydrazone groups is 1. The molecule has 0 saturated heterocycles. The van der Waals surface area contributed by atoms with E-state index in [1.807, 2.05) is 30.3 Å². The third kappa shape index (κ3) is 5.09. The Bertz CT molecular complexity index is 1080. The molecule has 3 aromatic carbocycles. The molecule has 0 bridgehead atoms. The van der Waals surface area contributed by atoms with E-state index in [2.05, 4.69) is 15.8 Å². The van der Waals surface area contributed by atoms with Crippen molar-refractivity contribution in [3.8, 4) is 0 Å². The van der Waals surface area contributed by atoms with Crippen LogP contribution < -0.4 is 10.7 Å². The highest BCUT2D eigenvalue weighted by atomic mass is 35.5. The van der Waals surface area contributed by atoms with E-state index in [1.54, 1.807) is 37.3 Å². The van der Waals surface area contributed by atoms with Gasteiger partial charge in [-0.3, -0.25) is 9.59 Å². The van der Waals surface area contributed by atoms with E-state index in [0.717, 1.165) is 10.8 Å². The molecule has 0 unspecified atom stereocenters. The molecular formula is C21H17Cl2N3O2. The number of nitrogens with one attached hydrogen (secondary N) is 2. The fourth-order valence-electron chi connectivity index (χ4n) is 2.60. The molecule has 5 nitrogen and oxygen atoms in total. The fourth-order valence-corrected chi connectivity index (χ4v) is 2.94. The highest BCUT2D eigenvalue weighted by Gasteiger charge is 2.10. The first-order valence-corrected chi connectivity index (χ1v) is 9.25. The van der Waals surface area contributed by atoms with Crippen LogP contribution in [0.4, 0.5) is 5.69 Å². The van der Waals surface area contributed by atoms with Gasteiger partial charge in [0.1, 0.15) is 0 Å². The molecule has 0 spiro atoms. The van der Waals surface area contributed by atoms with Crippen LogP contribution in [-0.2, 0) is 4.79 Å². The van der Waals surface area contributed by atoms with E-state index in [4.69, 9.17) is 23.2 Å². The van der Waals surface area contributed by atoms with Crippen molar-refractivity contribution >= 4 is 57.2 Å². The third-order valence-corrected chi connectivity index (χ3v) is 4.54. The predicted octanol–water partition coefficient (Wildman–Crippen LogP) is 5.28. The maximum atomic E-state index is 12.3. The number of halogens is 2. The van der Waals surface area contributed by atoms with Crippen molar-refractivity contribution in [2.45, 2.75) is 13.3 Å². The van der Waals surface area contributed by atoms with Gasteiger partial charge in [0.05, 0.1) is 17.1 Å². The fraction of sp³-hybridized carbons (Fsp3) is 0.0952. The molecule has 3 rings (SSSR count). The van der Waals surface area contributed by atoms with Crippen molar-refractivity contribution < 1.29 is 9.59 Å². The zero-order valence-electron chi connectivity index (χ0n) is 15.0. The van der Waals surface area contributed by atoms with Gasteiger partial charge in [0.2, 0.25) is 5.91 Å². The summed E-state index contributed by atoms with van der Waals surface area (Å²) in [5.74, 6) is -0.659. The van der Waals surface area contributed by atoms with Gasteiger partial charge in [-0.1, -0.05) is 53.5 Å². The van der Waals surface area contributed by atoms with Crippen LogP contribution in [-0.4, -0.2) is 17.5 Å². The first kappa shape index (κ1) is 19.9. The number of fused-ring (bicyclic) bond motifs is 1. The van der Waals surface area contributed by atoms with Crippen molar-refractivity contribution in [3.63, 3.8) is 0 Å². The molecule has 0 aliphatic carbocycles. The second kappa shape index (κ2) is 8.87. The van der Waals surface area contributed by atoms with Gasteiger partial charge in [-0.25, -0.2) is 5.43 Å². The molecule has 2 amide bonds. The van der Waals surface area contributed by atoms with Crippen LogP contribution in [0.15, 0.2) is 65.8 Å². The van der Waals surface area contributed by atoms with Crippen molar-refractivity contribution in [1.82, 2.24) is 5.43 Å². The Balaban J connectivity index is 1.60. The summed E-state index contributed by atoms with van der Waals surface area (Å²) in [7, 11) is 0. The number of hydrogen-bond acceptors (Lipinski definition) is 3. The summed E-state index contributed by atoms with van der Waals surface area (Å²) in [6, 6.07) is 18.0. The largest absolute Gasteiger partial charge is 0.324 e. The van der Waals surface area contributed by atoms with E-state index < -0.39 is 0 Å². The normalized spacial score (nSPS) is 11.3. The number of rotatable bonds is 5. The Labute approximate surface area is 172 Å². The van der Waals surface area contributed by atoms with Crippen LogP contribution in [0.2, 0.25) is 10.0 Å². The minimum Gasteiger partial charge on any atom is -0.324 e. The van der Waals surface area contributed by atoms with E-state index in [0.29, 0.717) is 27.0 Å². The first-order chi connectivity index (χ1) is 13.4. The second-order valence-electron chi connectivity index (χ2n) is 6.20. The zero-order chi connectivity index (χ0) is 20.1. The standard InChI is InChI=1S/C21H17Cl2N3O2/c1-13(10-20(27)24-19-12-17(22)8-9-18(19)23)25-26-21(28)16-7-6-14-4-2-3-5-15(14)11-16/h2-9,11-12H,10H2,1H3,(H,24,27)(H,26,28). The Hall–Kier alpha value is -2.89. The van der Waals surface area contributed by atoms with Gasteiger partial charge in [0, 0.05) is 16.3 Å². The van der Waals surface area contributed by atoms with Gasteiger partial charge < -0.3 is 5.32 Å². The minimum atomic E-state index is -0.344. The topological polar surface area (TPSA) is 70.6 Å². The monoisotopic (exact) mass is 413 g/mol. The molecule has 0 fully saturated rings. The van der Waals surface area contributed by atoms with Gasteiger partial charge in [0.15, 0.2) is 0 Å². The van der Waals surface area contributed by atoms with E-state index >= 15 is 0 Å². The molecule has 0 radical (unpaired) electrons. The maximum absolute atomic E-state index is 12.3. The summed E-state index contributed by atoms with van der Waals surface area (Å²) >= 11 is 11.9. The van der Waals surface area contributed by atoms with Crippen LogP contribution in [0.1, 0.15) is 23.7 Å². The molecule has 0 aliphatic rings. The van der Waals surface area contributed by atoms with E-state index in [9.17, 15) is 9.59 Å². The Kier molecular flexibility index (Phi) is 6.29. The third-order valence-electron chi connectivity index (χ3n) is 3.98. The first-order valence-electron chi connectivity index (χ1n) is 8.49. The number of carbonyl (C=O) groups is 2. The lowest BCUT2D eigenvalue weighted by Gasteiger charge is -2.08. The Morgan fingerprint density at radius 2 is 1.71 bits per heavy atom. The average Bonchev–Trinajstić information content (AvgIpc) is 2.68. The van der Waals surface area contributed by atoms with Crippen molar-refractivity contribution in [1.29, 1.82) is 0 Å². The van der Waals surface area contributed by atoms with Gasteiger partial charge in [0.25, 0.3) is 5.91 Å². The van der Waals surface area contributed by atoms with Crippen LogP contribution >= 0.6 is 23.2 Å². The van der Waals surface area contributed by atoms with Gasteiger partial charge in [-0.15, -0.1) is 0 Å². The molecule has 0 atom stereocenters. The van der Waals surface area contributed by atoms with Crippen LogP contribution in [0, 0.1) is 0 Å². The molecule has 28 heavy (non-hydrogen) atoms. The molecule has 3 aromatic rings. The molecule has 0 aliphatic heterocycles. The molecule has 0 aromatic heterocycles. The predicted molar refractivity (Wildman–Crippen MR) is 114 cm³/mol. The number of hydrogen-bond donors (Lipinski definition) is 2. The smallest absolute Gasteiger partial charge is 0.271 e. The molecule has 0 saturated carbocycles. The number of amides is 2. The summed E-state index contributed by atoms with van der Waals surface area (Å²) < 4.78 is 0. The maximum Gasteiger partial charge on any atom is 0.271 e.